The van der Waals surface area contributed by atoms with E-state index in [1.807, 2.05) is 48.5 Å². The quantitative estimate of drug-likeness (QED) is 0.724. The number of para-hydroxylation sites is 2. The second kappa shape index (κ2) is 8.39. The Hall–Kier alpha value is -3.60. The predicted octanol–water partition coefficient (Wildman–Crippen LogP) is 4.32. The summed E-state index contributed by atoms with van der Waals surface area (Å²) >= 11 is 0. The van der Waals surface area contributed by atoms with Crippen LogP contribution < -0.4 is 10.1 Å². The number of amides is 2. The molecule has 0 fully saturated rings. The zero-order valence-corrected chi connectivity index (χ0v) is 16.1. The number of methoxy groups -OCH3 is 1. The molecule has 0 heterocycles. The highest BCUT2D eigenvalue weighted by atomic mass is 16.5. The monoisotopic (exact) mass is 374 g/mol. The number of rotatable bonds is 5. The minimum Gasteiger partial charge on any atom is -0.495 e. The van der Waals surface area contributed by atoms with Crippen LogP contribution in [0, 0.1) is 0 Å². The molecule has 3 aromatic rings. The van der Waals surface area contributed by atoms with Crippen LogP contribution in [0.1, 0.15) is 20.7 Å². The van der Waals surface area contributed by atoms with Crippen molar-refractivity contribution in [3.63, 3.8) is 0 Å². The highest BCUT2D eigenvalue weighted by Gasteiger charge is 2.12. The van der Waals surface area contributed by atoms with Gasteiger partial charge in [-0.3, -0.25) is 9.59 Å². The molecule has 3 aromatic carbocycles. The van der Waals surface area contributed by atoms with E-state index >= 15 is 0 Å². The van der Waals surface area contributed by atoms with Gasteiger partial charge >= 0.3 is 0 Å². The number of nitrogens with zero attached hydrogens (tertiary/aromatic N) is 1. The Bertz CT molecular complexity index is 1010. The molecule has 0 saturated heterocycles. The molecule has 0 radical (unpaired) electrons. The van der Waals surface area contributed by atoms with E-state index in [1.165, 1.54) is 4.90 Å². The van der Waals surface area contributed by atoms with Gasteiger partial charge in [-0.1, -0.05) is 36.4 Å². The Morgan fingerprint density at radius 1 is 0.821 bits per heavy atom. The van der Waals surface area contributed by atoms with Crippen molar-refractivity contribution in [2.24, 2.45) is 0 Å². The van der Waals surface area contributed by atoms with Gasteiger partial charge in [-0.25, -0.2) is 0 Å². The molecule has 0 aliphatic rings. The number of benzene rings is 3. The highest BCUT2D eigenvalue weighted by Crippen LogP contribution is 2.25. The topological polar surface area (TPSA) is 58.6 Å². The van der Waals surface area contributed by atoms with E-state index in [0.29, 0.717) is 22.6 Å². The van der Waals surface area contributed by atoms with E-state index in [4.69, 9.17) is 4.74 Å². The van der Waals surface area contributed by atoms with Crippen LogP contribution in [0.5, 0.6) is 5.75 Å². The van der Waals surface area contributed by atoms with Gasteiger partial charge in [0.15, 0.2) is 0 Å². The van der Waals surface area contributed by atoms with E-state index in [2.05, 4.69) is 5.32 Å². The molecular weight excluding hydrogens is 352 g/mol. The molecular formula is C23H22N2O3. The number of anilines is 1. The van der Waals surface area contributed by atoms with Crippen molar-refractivity contribution in [2.45, 2.75) is 0 Å². The number of nitrogens with one attached hydrogen (secondary N) is 1. The summed E-state index contributed by atoms with van der Waals surface area (Å²) in [6.07, 6.45) is 0. The SMILES string of the molecule is COc1ccccc1NC(=O)c1cccc(-c2cccc(C(=O)N(C)C)c2)c1. The van der Waals surface area contributed by atoms with Crippen molar-refractivity contribution in [3.05, 3.63) is 83.9 Å². The first-order chi connectivity index (χ1) is 13.5. The van der Waals surface area contributed by atoms with Gasteiger partial charge in [0.25, 0.3) is 11.8 Å². The first-order valence-electron chi connectivity index (χ1n) is 8.86. The average molecular weight is 374 g/mol. The van der Waals surface area contributed by atoms with Crippen molar-refractivity contribution in [1.82, 2.24) is 4.90 Å². The first kappa shape index (κ1) is 19.2. The third-order valence-corrected chi connectivity index (χ3v) is 4.33. The van der Waals surface area contributed by atoms with E-state index in [9.17, 15) is 9.59 Å². The molecule has 0 unspecified atom stereocenters. The smallest absolute Gasteiger partial charge is 0.255 e. The maximum atomic E-state index is 12.7. The third-order valence-electron chi connectivity index (χ3n) is 4.33. The summed E-state index contributed by atoms with van der Waals surface area (Å²) < 4.78 is 5.28. The summed E-state index contributed by atoms with van der Waals surface area (Å²) in [5, 5.41) is 2.88. The fourth-order valence-corrected chi connectivity index (χ4v) is 2.87. The fraction of sp³-hybridized carbons (Fsp3) is 0.130. The van der Waals surface area contributed by atoms with E-state index in [0.717, 1.165) is 11.1 Å². The molecule has 0 aliphatic heterocycles. The van der Waals surface area contributed by atoms with Gasteiger partial charge in [0, 0.05) is 25.2 Å². The molecule has 5 nitrogen and oxygen atoms in total. The van der Waals surface area contributed by atoms with Gasteiger partial charge in [-0.05, 0) is 47.5 Å². The molecule has 3 rings (SSSR count). The van der Waals surface area contributed by atoms with Crippen LogP contribution in [-0.4, -0.2) is 37.9 Å². The van der Waals surface area contributed by atoms with Crippen molar-refractivity contribution in [1.29, 1.82) is 0 Å². The van der Waals surface area contributed by atoms with Gasteiger partial charge in [0.2, 0.25) is 0 Å². The molecule has 0 atom stereocenters. The van der Waals surface area contributed by atoms with E-state index in [-0.39, 0.29) is 11.8 Å². The molecule has 0 saturated carbocycles. The minimum atomic E-state index is -0.230. The third kappa shape index (κ3) is 4.20. The Labute approximate surface area is 164 Å². The molecule has 0 bridgehead atoms. The average Bonchev–Trinajstić information content (AvgIpc) is 2.73. The van der Waals surface area contributed by atoms with E-state index < -0.39 is 0 Å². The van der Waals surface area contributed by atoms with Gasteiger partial charge in [-0.2, -0.15) is 0 Å². The second-order valence-corrected chi connectivity index (χ2v) is 6.52. The van der Waals surface area contributed by atoms with Crippen LogP contribution in [0.25, 0.3) is 11.1 Å². The lowest BCUT2D eigenvalue weighted by Gasteiger charge is -2.12. The van der Waals surface area contributed by atoms with E-state index in [1.54, 1.807) is 45.5 Å². The van der Waals surface area contributed by atoms with Crippen LogP contribution >= 0.6 is 0 Å². The summed E-state index contributed by atoms with van der Waals surface area (Å²) in [5.74, 6) is 0.306. The maximum absolute atomic E-state index is 12.7. The molecule has 28 heavy (non-hydrogen) atoms. The standard InChI is InChI=1S/C23H22N2O3/c1-25(2)23(27)19-11-7-9-17(15-19)16-8-6-10-18(14-16)22(26)24-20-12-4-5-13-21(20)28-3/h4-15H,1-3H3,(H,24,26). The first-order valence-corrected chi connectivity index (χ1v) is 8.86. The van der Waals surface area contributed by atoms with Crippen LogP contribution in [0.15, 0.2) is 72.8 Å². The number of ether oxygens (including phenoxy) is 1. The minimum absolute atomic E-state index is 0.0630. The molecule has 1 N–H and O–H groups in total. The highest BCUT2D eigenvalue weighted by molar-refractivity contribution is 6.05. The molecule has 5 heteroatoms. The zero-order valence-electron chi connectivity index (χ0n) is 16.1. The van der Waals surface area contributed by atoms with Crippen molar-refractivity contribution < 1.29 is 14.3 Å². The Morgan fingerprint density at radius 3 is 2.07 bits per heavy atom. The Balaban J connectivity index is 1.87. The normalized spacial score (nSPS) is 10.2. The van der Waals surface area contributed by atoms with Gasteiger partial charge < -0.3 is 15.0 Å². The molecule has 2 amide bonds. The number of hydrogen-bond donors (Lipinski definition) is 1. The largest absolute Gasteiger partial charge is 0.495 e. The summed E-state index contributed by atoms with van der Waals surface area (Å²) in [5.41, 5.74) is 3.47. The van der Waals surface area contributed by atoms with Gasteiger partial charge in [0.05, 0.1) is 12.8 Å². The van der Waals surface area contributed by atoms with Crippen molar-refractivity contribution in [3.8, 4) is 16.9 Å². The maximum Gasteiger partial charge on any atom is 0.255 e. The van der Waals surface area contributed by atoms with Crippen molar-refractivity contribution >= 4 is 17.5 Å². The number of hydrogen-bond acceptors (Lipinski definition) is 3. The summed E-state index contributed by atoms with van der Waals surface area (Å²) in [6.45, 7) is 0. The second-order valence-electron chi connectivity index (χ2n) is 6.52. The van der Waals surface area contributed by atoms with Gasteiger partial charge in [0.1, 0.15) is 5.75 Å². The number of carbonyl (C=O) groups excluding carboxylic acids is 2. The van der Waals surface area contributed by atoms with Crippen LogP contribution in [0.4, 0.5) is 5.69 Å². The lowest BCUT2D eigenvalue weighted by molar-refractivity contribution is 0.0827. The molecule has 0 aromatic heterocycles. The summed E-state index contributed by atoms with van der Waals surface area (Å²) in [7, 11) is 5.00. The molecule has 142 valence electrons. The Morgan fingerprint density at radius 2 is 1.43 bits per heavy atom. The van der Waals surface area contributed by atoms with Crippen LogP contribution in [0.3, 0.4) is 0 Å². The lowest BCUT2D eigenvalue weighted by atomic mass is 10.0. The van der Waals surface area contributed by atoms with Crippen molar-refractivity contribution in [2.75, 3.05) is 26.5 Å². The lowest BCUT2D eigenvalue weighted by Crippen LogP contribution is -2.21. The predicted molar refractivity (Wildman–Crippen MR) is 111 cm³/mol. The summed E-state index contributed by atoms with van der Waals surface area (Å²) in [4.78, 5) is 26.5. The van der Waals surface area contributed by atoms with Gasteiger partial charge in [-0.15, -0.1) is 0 Å². The molecule has 0 aliphatic carbocycles. The summed E-state index contributed by atoms with van der Waals surface area (Å²) in [6, 6.07) is 21.9. The molecule has 0 spiro atoms. The zero-order chi connectivity index (χ0) is 20.1. The van der Waals surface area contributed by atoms with Crippen LogP contribution in [-0.2, 0) is 0 Å². The fourth-order valence-electron chi connectivity index (χ4n) is 2.87. The number of carbonyl (C=O) groups is 2. The Kier molecular flexibility index (Phi) is 5.75. The van der Waals surface area contributed by atoms with Crippen LogP contribution in [0.2, 0.25) is 0 Å².